The highest BCUT2D eigenvalue weighted by Crippen LogP contribution is 2.25. The molecule has 1 rings (SSSR count). The van der Waals surface area contributed by atoms with Gasteiger partial charge in [0.1, 0.15) is 5.75 Å². The Hall–Kier alpha value is -0.540. The molecular formula is C15H24BrNO. The van der Waals surface area contributed by atoms with Crippen LogP contribution in [0.15, 0.2) is 22.7 Å². The first-order valence-corrected chi connectivity index (χ1v) is 7.17. The average Bonchev–Trinajstić information content (AvgIpc) is 2.30. The summed E-state index contributed by atoms with van der Waals surface area (Å²) >= 11 is 3.57. The second-order valence-corrected chi connectivity index (χ2v) is 6.71. The van der Waals surface area contributed by atoms with Crippen LogP contribution < -0.4 is 10.1 Å². The molecule has 1 atom stereocenters. The Morgan fingerprint density at radius 2 is 2.00 bits per heavy atom. The van der Waals surface area contributed by atoms with Gasteiger partial charge in [-0.05, 0) is 41.6 Å². The highest BCUT2D eigenvalue weighted by molar-refractivity contribution is 9.10. The SMILES string of the molecule is COc1ccc(Br)c(CNCC(C)C(C)(C)C)c1. The van der Waals surface area contributed by atoms with E-state index >= 15 is 0 Å². The molecule has 0 radical (unpaired) electrons. The third-order valence-electron chi connectivity index (χ3n) is 3.50. The first-order chi connectivity index (χ1) is 8.34. The molecule has 0 aliphatic carbocycles. The fraction of sp³-hybridized carbons (Fsp3) is 0.600. The second-order valence-electron chi connectivity index (χ2n) is 5.86. The highest BCUT2D eigenvalue weighted by atomic mass is 79.9. The van der Waals surface area contributed by atoms with Gasteiger partial charge >= 0.3 is 0 Å². The van der Waals surface area contributed by atoms with Crippen molar-refractivity contribution in [2.45, 2.75) is 34.2 Å². The van der Waals surface area contributed by atoms with Crippen LogP contribution in [0.25, 0.3) is 0 Å². The monoisotopic (exact) mass is 313 g/mol. The van der Waals surface area contributed by atoms with Crippen molar-refractivity contribution < 1.29 is 4.74 Å². The van der Waals surface area contributed by atoms with Crippen molar-refractivity contribution >= 4 is 15.9 Å². The number of nitrogens with one attached hydrogen (secondary N) is 1. The van der Waals surface area contributed by atoms with Gasteiger partial charge in [-0.15, -0.1) is 0 Å². The van der Waals surface area contributed by atoms with Crippen LogP contribution in [0.3, 0.4) is 0 Å². The van der Waals surface area contributed by atoms with Crippen LogP contribution in [0.2, 0.25) is 0 Å². The maximum atomic E-state index is 5.24. The van der Waals surface area contributed by atoms with E-state index in [1.807, 2.05) is 12.1 Å². The third-order valence-corrected chi connectivity index (χ3v) is 4.27. The van der Waals surface area contributed by atoms with Gasteiger partial charge in [0, 0.05) is 11.0 Å². The maximum absolute atomic E-state index is 5.24. The lowest BCUT2D eigenvalue weighted by atomic mass is 9.82. The molecule has 0 heterocycles. The zero-order valence-corrected chi connectivity index (χ0v) is 13.6. The van der Waals surface area contributed by atoms with Crippen LogP contribution in [-0.2, 0) is 6.54 Å². The molecule has 102 valence electrons. The molecule has 1 aromatic rings. The summed E-state index contributed by atoms with van der Waals surface area (Å²) in [6, 6.07) is 6.06. The van der Waals surface area contributed by atoms with Crippen molar-refractivity contribution in [2.24, 2.45) is 11.3 Å². The molecule has 0 amide bonds. The topological polar surface area (TPSA) is 21.3 Å². The van der Waals surface area contributed by atoms with Crippen LogP contribution in [0.5, 0.6) is 5.75 Å². The standard InChI is InChI=1S/C15H24BrNO/c1-11(15(2,3)4)9-17-10-12-8-13(18-5)6-7-14(12)16/h6-8,11,17H,9-10H2,1-5H3. The summed E-state index contributed by atoms with van der Waals surface area (Å²) in [5.41, 5.74) is 1.58. The van der Waals surface area contributed by atoms with Crippen molar-refractivity contribution in [2.75, 3.05) is 13.7 Å². The van der Waals surface area contributed by atoms with Gasteiger partial charge < -0.3 is 10.1 Å². The summed E-state index contributed by atoms with van der Waals surface area (Å²) in [5, 5.41) is 3.51. The highest BCUT2D eigenvalue weighted by Gasteiger charge is 2.19. The molecule has 0 fully saturated rings. The van der Waals surface area contributed by atoms with Crippen LogP contribution >= 0.6 is 15.9 Å². The normalized spacial score (nSPS) is 13.4. The fourth-order valence-corrected chi connectivity index (χ4v) is 1.93. The van der Waals surface area contributed by atoms with E-state index in [-0.39, 0.29) is 0 Å². The average molecular weight is 314 g/mol. The Kier molecular flexibility index (Phi) is 5.67. The van der Waals surface area contributed by atoms with Crippen LogP contribution in [0.1, 0.15) is 33.3 Å². The molecule has 0 saturated carbocycles. The fourth-order valence-electron chi connectivity index (χ4n) is 1.54. The Balaban J connectivity index is 2.53. The van der Waals surface area contributed by atoms with E-state index in [1.54, 1.807) is 7.11 Å². The zero-order valence-electron chi connectivity index (χ0n) is 12.0. The molecule has 1 aromatic carbocycles. The van der Waals surface area contributed by atoms with E-state index < -0.39 is 0 Å². The summed E-state index contributed by atoms with van der Waals surface area (Å²) in [6.45, 7) is 11.0. The van der Waals surface area contributed by atoms with E-state index in [0.717, 1.165) is 23.3 Å². The molecule has 1 N–H and O–H groups in total. The Bertz CT molecular complexity index is 385. The summed E-state index contributed by atoms with van der Waals surface area (Å²) < 4.78 is 6.37. The van der Waals surface area contributed by atoms with Gasteiger partial charge in [0.05, 0.1) is 7.11 Å². The molecule has 0 aromatic heterocycles. The lowest BCUT2D eigenvalue weighted by Crippen LogP contribution is -2.29. The van der Waals surface area contributed by atoms with Gasteiger partial charge in [-0.25, -0.2) is 0 Å². The van der Waals surface area contributed by atoms with E-state index in [1.165, 1.54) is 5.56 Å². The predicted octanol–water partition coefficient (Wildman–Crippen LogP) is 4.23. The summed E-state index contributed by atoms with van der Waals surface area (Å²) in [5.74, 6) is 1.54. The number of halogens is 1. The molecule has 18 heavy (non-hydrogen) atoms. The van der Waals surface area contributed by atoms with Crippen molar-refractivity contribution in [1.29, 1.82) is 0 Å². The molecule has 0 saturated heterocycles. The van der Waals surface area contributed by atoms with Gasteiger partial charge in [0.2, 0.25) is 0 Å². The van der Waals surface area contributed by atoms with Crippen LogP contribution in [0, 0.1) is 11.3 Å². The Morgan fingerprint density at radius 1 is 1.33 bits per heavy atom. The van der Waals surface area contributed by atoms with Crippen molar-refractivity contribution in [3.05, 3.63) is 28.2 Å². The summed E-state index contributed by atoms with van der Waals surface area (Å²) in [6.07, 6.45) is 0. The van der Waals surface area contributed by atoms with E-state index in [9.17, 15) is 0 Å². The predicted molar refractivity (Wildman–Crippen MR) is 81.0 cm³/mol. The quantitative estimate of drug-likeness (QED) is 0.878. The lowest BCUT2D eigenvalue weighted by Gasteiger charge is -2.27. The van der Waals surface area contributed by atoms with Gasteiger partial charge in [-0.2, -0.15) is 0 Å². The summed E-state index contributed by atoms with van der Waals surface area (Å²) in [7, 11) is 1.70. The smallest absolute Gasteiger partial charge is 0.119 e. The van der Waals surface area contributed by atoms with Crippen LogP contribution in [0.4, 0.5) is 0 Å². The minimum absolute atomic E-state index is 0.346. The van der Waals surface area contributed by atoms with Gasteiger partial charge in [0.15, 0.2) is 0 Å². The number of methoxy groups -OCH3 is 1. The minimum Gasteiger partial charge on any atom is -0.497 e. The third kappa shape index (κ3) is 4.62. The van der Waals surface area contributed by atoms with E-state index in [0.29, 0.717) is 11.3 Å². The zero-order chi connectivity index (χ0) is 13.8. The van der Waals surface area contributed by atoms with Gasteiger partial charge in [-0.3, -0.25) is 0 Å². The largest absolute Gasteiger partial charge is 0.497 e. The van der Waals surface area contributed by atoms with Crippen molar-refractivity contribution in [1.82, 2.24) is 5.32 Å². The minimum atomic E-state index is 0.346. The maximum Gasteiger partial charge on any atom is 0.119 e. The first kappa shape index (κ1) is 15.5. The van der Waals surface area contributed by atoms with E-state index in [4.69, 9.17) is 4.74 Å². The number of ether oxygens (including phenoxy) is 1. The number of rotatable bonds is 5. The van der Waals surface area contributed by atoms with Crippen molar-refractivity contribution in [3.8, 4) is 5.75 Å². The molecule has 0 spiro atoms. The molecule has 0 bridgehead atoms. The molecule has 3 heteroatoms. The first-order valence-electron chi connectivity index (χ1n) is 6.37. The molecule has 0 aliphatic heterocycles. The number of hydrogen-bond acceptors (Lipinski definition) is 2. The number of benzene rings is 1. The van der Waals surface area contributed by atoms with Crippen molar-refractivity contribution in [3.63, 3.8) is 0 Å². The number of hydrogen-bond donors (Lipinski definition) is 1. The molecule has 2 nitrogen and oxygen atoms in total. The lowest BCUT2D eigenvalue weighted by molar-refractivity contribution is 0.252. The second kappa shape index (κ2) is 6.58. The van der Waals surface area contributed by atoms with Crippen LogP contribution in [-0.4, -0.2) is 13.7 Å². The van der Waals surface area contributed by atoms with E-state index in [2.05, 4.69) is 55.0 Å². The van der Waals surface area contributed by atoms with Gasteiger partial charge in [-0.1, -0.05) is 43.6 Å². The molecular weight excluding hydrogens is 290 g/mol. The molecule has 0 aliphatic rings. The van der Waals surface area contributed by atoms with Gasteiger partial charge in [0.25, 0.3) is 0 Å². The molecule has 1 unspecified atom stereocenters. The Morgan fingerprint density at radius 3 is 2.56 bits per heavy atom. The summed E-state index contributed by atoms with van der Waals surface area (Å²) in [4.78, 5) is 0. The Labute approximate surface area is 119 Å².